The van der Waals surface area contributed by atoms with Gasteiger partial charge in [0.2, 0.25) is 0 Å². The Morgan fingerprint density at radius 1 is 1.42 bits per heavy atom. The Morgan fingerprint density at radius 3 is 3.04 bits per heavy atom. The lowest BCUT2D eigenvalue weighted by Crippen LogP contribution is -2.32. The van der Waals surface area contributed by atoms with Gasteiger partial charge < -0.3 is 15.7 Å². The van der Waals surface area contributed by atoms with Crippen LogP contribution in [0.1, 0.15) is 34.9 Å². The summed E-state index contributed by atoms with van der Waals surface area (Å²) in [4.78, 5) is 12.1. The smallest absolute Gasteiger partial charge is 0.271 e. The van der Waals surface area contributed by atoms with Crippen LogP contribution in [0.5, 0.6) is 5.75 Å². The average Bonchev–Trinajstić information content (AvgIpc) is 3.06. The van der Waals surface area contributed by atoms with Crippen molar-refractivity contribution in [2.75, 3.05) is 19.6 Å². The Labute approximate surface area is 147 Å². The molecule has 1 aromatic heterocycles. The molecule has 1 aliphatic rings. The number of amides is 1. The fourth-order valence-electron chi connectivity index (χ4n) is 2.84. The highest BCUT2D eigenvalue weighted by atomic mass is 35.5. The van der Waals surface area contributed by atoms with E-state index in [1.54, 1.807) is 24.3 Å². The minimum Gasteiger partial charge on any atom is -0.508 e. The normalized spacial score (nSPS) is 17.1. The van der Waals surface area contributed by atoms with Gasteiger partial charge in [0.1, 0.15) is 11.4 Å². The maximum absolute atomic E-state index is 12.1. The summed E-state index contributed by atoms with van der Waals surface area (Å²) in [6.45, 7) is 2.47. The topological polar surface area (TPSA) is 79.2 Å². The molecule has 3 N–H and O–H groups in total. The Hall–Kier alpha value is -2.05. The number of phenols is 1. The van der Waals surface area contributed by atoms with Gasteiger partial charge in [-0.05, 0) is 49.6 Å². The zero-order valence-electron chi connectivity index (χ0n) is 13.4. The number of piperidine rings is 1. The summed E-state index contributed by atoms with van der Waals surface area (Å²) in [6, 6.07) is 9.16. The van der Waals surface area contributed by atoms with Crippen LogP contribution in [0.15, 0.2) is 36.5 Å². The number of carbonyl (C=O) groups excluding carboxylic acids is 1. The van der Waals surface area contributed by atoms with Gasteiger partial charge >= 0.3 is 0 Å². The largest absolute Gasteiger partial charge is 0.508 e. The van der Waals surface area contributed by atoms with Crippen molar-refractivity contribution in [1.82, 2.24) is 20.4 Å². The maximum atomic E-state index is 12.1. The average molecular weight is 351 g/mol. The molecule has 6 nitrogen and oxygen atoms in total. The monoisotopic (exact) mass is 350 g/mol. The quantitative estimate of drug-likeness (QED) is 0.769. The number of halogens is 1. The van der Waals surface area contributed by atoms with Crippen LogP contribution in [0, 0.1) is 0 Å². The van der Waals surface area contributed by atoms with Gasteiger partial charge in [0.05, 0.1) is 6.04 Å². The highest BCUT2D eigenvalue weighted by Crippen LogP contribution is 2.15. The Balaban J connectivity index is 0.00000208. The molecule has 1 unspecified atom stereocenters. The van der Waals surface area contributed by atoms with Gasteiger partial charge in [-0.25, -0.2) is 0 Å². The van der Waals surface area contributed by atoms with Gasteiger partial charge in [0, 0.05) is 19.3 Å². The number of hydrogen-bond donors (Lipinski definition) is 3. The molecular formula is C17H23ClN4O2. The van der Waals surface area contributed by atoms with Crippen LogP contribution in [0.4, 0.5) is 0 Å². The molecule has 1 fully saturated rings. The maximum Gasteiger partial charge on any atom is 0.271 e. The van der Waals surface area contributed by atoms with E-state index < -0.39 is 0 Å². The van der Waals surface area contributed by atoms with E-state index in [1.165, 1.54) is 0 Å². The second kappa shape index (κ2) is 8.70. The number of carbonyl (C=O) groups is 1. The molecular weight excluding hydrogens is 328 g/mol. The summed E-state index contributed by atoms with van der Waals surface area (Å²) in [6.07, 6.45) is 4.78. The molecule has 1 amide bonds. The zero-order valence-corrected chi connectivity index (χ0v) is 14.3. The van der Waals surface area contributed by atoms with E-state index in [4.69, 9.17) is 0 Å². The number of nitrogens with one attached hydrogen (secondary N) is 2. The molecule has 1 aromatic carbocycles. The van der Waals surface area contributed by atoms with E-state index in [0.717, 1.165) is 31.5 Å². The van der Waals surface area contributed by atoms with Crippen LogP contribution in [0.2, 0.25) is 0 Å². The van der Waals surface area contributed by atoms with E-state index in [2.05, 4.69) is 15.7 Å². The lowest BCUT2D eigenvalue weighted by Gasteiger charge is -2.22. The number of rotatable bonds is 5. The molecule has 2 aromatic rings. The third kappa shape index (κ3) is 4.72. The number of nitrogens with zero attached hydrogens (tertiary/aromatic N) is 2. The highest BCUT2D eigenvalue weighted by molar-refractivity contribution is 5.92. The molecule has 0 bridgehead atoms. The molecule has 3 rings (SSSR count). The summed E-state index contributed by atoms with van der Waals surface area (Å²) in [5, 5.41) is 20.0. The summed E-state index contributed by atoms with van der Waals surface area (Å²) in [5.41, 5.74) is 1.44. The summed E-state index contributed by atoms with van der Waals surface area (Å²) in [5.74, 6) is 0.0846. The minimum atomic E-state index is -0.160. The number of aromatic hydroxyl groups is 1. The lowest BCUT2D eigenvalue weighted by molar-refractivity contribution is 0.0948. The SMILES string of the molecule is Cl.O=C(NCCc1cccc(O)c1)c1ccn(C2CCCNC2)n1. The summed E-state index contributed by atoms with van der Waals surface area (Å²) >= 11 is 0. The van der Waals surface area contributed by atoms with Crippen LogP contribution >= 0.6 is 12.4 Å². The fraction of sp³-hybridized carbons (Fsp3) is 0.412. The van der Waals surface area contributed by atoms with Crippen LogP contribution in [-0.4, -0.2) is 40.4 Å². The van der Waals surface area contributed by atoms with Gasteiger partial charge in [-0.3, -0.25) is 9.48 Å². The highest BCUT2D eigenvalue weighted by Gasteiger charge is 2.17. The second-order valence-corrected chi connectivity index (χ2v) is 5.86. The molecule has 24 heavy (non-hydrogen) atoms. The van der Waals surface area contributed by atoms with Crippen molar-refractivity contribution in [1.29, 1.82) is 0 Å². The van der Waals surface area contributed by atoms with Crippen LogP contribution in [0.25, 0.3) is 0 Å². The lowest BCUT2D eigenvalue weighted by atomic mass is 10.1. The summed E-state index contributed by atoms with van der Waals surface area (Å²) in [7, 11) is 0. The molecule has 0 radical (unpaired) electrons. The molecule has 130 valence electrons. The number of hydrogen-bond acceptors (Lipinski definition) is 4. The molecule has 1 atom stereocenters. The van der Waals surface area contributed by atoms with E-state index in [0.29, 0.717) is 24.7 Å². The predicted octanol–water partition coefficient (Wildman–Crippen LogP) is 1.91. The summed E-state index contributed by atoms with van der Waals surface area (Å²) < 4.78 is 1.89. The fourth-order valence-corrected chi connectivity index (χ4v) is 2.84. The first-order valence-electron chi connectivity index (χ1n) is 8.04. The molecule has 1 aliphatic heterocycles. The van der Waals surface area contributed by atoms with Crippen molar-refractivity contribution in [3.63, 3.8) is 0 Å². The molecule has 0 aliphatic carbocycles. The van der Waals surface area contributed by atoms with Crippen LogP contribution in [-0.2, 0) is 6.42 Å². The van der Waals surface area contributed by atoms with E-state index >= 15 is 0 Å². The predicted molar refractivity (Wildman–Crippen MR) is 94.8 cm³/mol. The van der Waals surface area contributed by atoms with Gasteiger partial charge in [0.25, 0.3) is 5.91 Å². The minimum absolute atomic E-state index is 0. The molecule has 7 heteroatoms. The van der Waals surface area contributed by atoms with Crippen molar-refractivity contribution >= 4 is 18.3 Å². The number of aromatic nitrogens is 2. The Morgan fingerprint density at radius 2 is 2.29 bits per heavy atom. The van der Waals surface area contributed by atoms with Crippen molar-refractivity contribution in [3.05, 3.63) is 47.8 Å². The molecule has 1 saturated heterocycles. The first-order chi connectivity index (χ1) is 11.2. The number of phenolic OH excluding ortho intramolecular Hbond substituents is 1. The molecule has 0 spiro atoms. The van der Waals surface area contributed by atoms with Crippen molar-refractivity contribution in [3.8, 4) is 5.75 Å². The van der Waals surface area contributed by atoms with Gasteiger partial charge in [-0.15, -0.1) is 12.4 Å². The van der Waals surface area contributed by atoms with Crippen molar-refractivity contribution in [2.24, 2.45) is 0 Å². The second-order valence-electron chi connectivity index (χ2n) is 5.86. The number of benzene rings is 1. The van der Waals surface area contributed by atoms with Crippen molar-refractivity contribution < 1.29 is 9.90 Å². The first kappa shape index (κ1) is 18.3. The van der Waals surface area contributed by atoms with Crippen LogP contribution < -0.4 is 10.6 Å². The zero-order chi connectivity index (χ0) is 16.1. The molecule has 0 saturated carbocycles. The van der Waals surface area contributed by atoms with Gasteiger partial charge in [0.15, 0.2) is 0 Å². The first-order valence-corrected chi connectivity index (χ1v) is 8.04. The standard InChI is InChI=1S/C17H22N4O2.ClH/c22-15-5-1-3-13(11-15)6-9-19-17(23)16-7-10-21(20-16)14-4-2-8-18-12-14;/h1,3,5,7,10-11,14,18,22H,2,4,6,8-9,12H2,(H,19,23);1H. The van der Waals surface area contributed by atoms with E-state index in [9.17, 15) is 9.90 Å². The third-order valence-electron chi connectivity index (χ3n) is 4.10. The third-order valence-corrected chi connectivity index (χ3v) is 4.10. The van der Waals surface area contributed by atoms with Gasteiger partial charge in [-0.1, -0.05) is 12.1 Å². The Bertz CT molecular complexity index is 668. The Kier molecular flexibility index (Phi) is 6.63. The van der Waals surface area contributed by atoms with Crippen molar-refractivity contribution in [2.45, 2.75) is 25.3 Å². The van der Waals surface area contributed by atoms with E-state index in [-0.39, 0.29) is 24.1 Å². The van der Waals surface area contributed by atoms with Crippen LogP contribution in [0.3, 0.4) is 0 Å². The van der Waals surface area contributed by atoms with E-state index in [1.807, 2.05) is 16.9 Å². The molecule has 2 heterocycles. The van der Waals surface area contributed by atoms with Gasteiger partial charge in [-0.2, -0.15) is 5.10 Å².